The lowest BCUT2D eigenvalue weighted by atomic mass is 9.76. The van der Waals surface area contributed by atoms with Gasteiger partial charge in [-0.05, 0) is 43.0 Å². The van der Waals surface area contributed by atoms with Crippen molar-refractivity contribution >= 4 is 0 Å². The van der Waals surface area contributed by atoms with Crippen LogP contribution >= 0.6 is 0 Å². The number of benzene rings is 2. The largest absolute Gasteiger partial charge is 0.303 e. The van der Waals surface area contributed by atoms with E-state index in [2.05, 4.69) is 87.3 Å². The number of hydrogen-bond acceptors (Lipinski definition) is 5. The third-order valence-corrected chi connectivity index (χ3v) is 7.08. The Morgan fingerprint density at radius 2 is 1.52 bits per heavy atom. The minimum absolute atomic E-state index is 0.364. The summed E-state index contributed by atoms with van der Waals surface area (Å²) in [4.78, 5) is 2.70. The van der Waals surface area contributed by atoms with Crippen LogP contribution in [0.1, 0.15) is 29.9 Å². The molecule has 3 saturated heterocycles. The molecule has 0 spiro atoms. The highest BCUT2D eigenvalue weighted by Crippen LogP contribution is 2.37. The van der Waals surface area contributed by atoms with Crippen molar-refractivity contribution in [3.8, 4) is 0 Å². The monoisotopic (exact) mass is 391 g/mol. The predicted octanol–water partition coefficient (Wildman–Crippen LogP) is 2.10. The molecule has 3 unspecified atom stereocenters. The lowest BCUT2D eigenvalue weighted by Gasteiger charge is -2.38. The lowest BCUT2D eigenvalue weighted by Crippen LogP contribution is -2.48. The Morgan fingerprint density at radius 3 is 2.17 bits per heavy atom. The summed E-state index contributed by atoms with van der Waals surface area (Å²) in [5.41, 5.74) is 16.7. The lowest BCUT2D eigenvalue weighted by molar-refractivity contribution is 0.145. The summed E-state index contributed by atoms with van der Waals surface area (Å²) >= 11 is 0. The maximum absolute atomic E-state index is 3.72. The Morgan fingerprint density at radius 1 is 0.862 bits per heavy atom. The fourth-order valence-electron chi connectivity index (χ4n) is 5.44. The van der Waals surface area contributed by atoms with Gasteiger partial charge < -0.3 is 4.90 Å². The van der Waals surface area contributed by atoms with Crippen LogP contribution < -0.4 is 21.7 Å². The molecule has 0 bridgehead atoms. The quantitative estimate of drug-likeness (QED) is 0.608. The van der Waals surface area contributed by atoms with Crippen LogP contribution in [0.5, 0.6) is 0 Å². The first-order valence-electron chi connectivity index (χ1n) is 11.2. The van der Waals surface area contributed by atoms with Gasteiger partial charge in [0.15, 0.2) is 0 Å². The molecule has 154 valence electrons. The number of nitrogens with one attached hydrogen (secondary N) is 4. The number of nitrogens with zero attached hydrogens (tertiary/aromatic N) is 1. The molecule has 0 amide bonds. The van der Waals surface area contributed by atoms with Gasteiger partial charge in [0.05, 0.1) is 0 Å². The fourth-order valence-corrected chi connectivity index (χ4v) is 5.44. The van der Waals surface area contributed by atoms with Crippen molar-refractivity contribution in [2.75, 3.05) is 32.7 Å². The fraction of sp³-hybridized carbons (Fsp3) is 0.500. The van der Waals surface area contributed by atoms with Gasteiger partial charge in [-0.2, -0.15) is 0 Å². The van der Waals surface area contributed by atoms with E-state index in [0.29, 0.717) is 23.9 Å². The normalized spacial score (nSPS) is 28.1. The first-order chi connectivity index (χ1) is 14.4. The van der Waals surface area contributed by atoms with Crippen molar-refractivity contribution in [3.63, 3.8) is 0 Å². The number of rotatable bonds is 6. The standard InChI is InChI=1S/C24H33N5/c1-3-7-19(8-4-1)23(20-9-5-2-6-10-20)24-21-17-29(14-12-22(21)27-28-24)13-11-18-15-25-26-16-18/h1-10,18,21-28H,11-17H2. The zero-order valence-corrected chi connectivity index (χ0v) is 17.1. The summed E-state index contributed by atoms with van der Waals surface area (Å²) in [5.74, 6) is 1.75. The van der Waals surface area contributed by atoms with Crippen LogP contribution in [0.3, 0.4) is 0 Å². The smallest absolute Gasteiger partial charge is 0.0378 e. The van der Waals surface area contributed by atoms with Gasteiger partial charge in [-0.15, -0.1) is 0 Å². The molecule has 29 heavy (non-hydrogen) atoms. The van der Waals surface area contributed by atoms with Gasteiger partial charge in [0.1, 0.15) is 0 Å². The molecule has 2 aromatic rings. The van der Waals surface area contributed by atoms with Gasteiger partial charge in [0.25, 0.3) is 0 Å². The van der Waals surface area contributed by atoms with Crippen LogP contribution in [-0.2, 0) is 0 Å². The van der Waals surface area contributed by atoms with Gasteiger partial charge in [-0.25, -0.2) is 0 Å². The molecule has 3 fully saturated rings. The molecule has 3 heterocycles. The molecule has 3 aliphatic rings. The van der Waals surface area contributed by atoms with Gasteiger partial charge in [0.2, 0.25) is 0 Å². The third kappa shape index (κ3) is 4.25. The van der Waals surface area contributed by atoms with Crippen LogP contribution in [0, 0.1) is 11.8 Å². The van der Waals surface area contributed by atoms with Gasteiger partial charge >= 0.3 is 0 Å². The van der Waals surface area contributed by atoms with E-state index in [4.69, 9.17) is 0 Å². The Balaban J connectivity index is 1.34. The Labute approximate surface area is 174 Å². The Kier molecular flexibility index (Phi) is 5.92. The zero-order chi connectivity index (χ0) is 19.5. The molecule has 5 heteroatoms. The average molecular weight is 392 g/mol. The van der Waals surface area contributed by atoms with E-state index >= 15 is 0 Å². The van der Waals surface area contributed by atoms with Crippen molar-refractivity contribution in [2.24, 2.45) is 11.8 Å². The molecule has 5 rings (SSSR count). The predicted molar refractivity (Wildman–Crippen MR) is 117 cm³/mol. The zero-order valence-electron chi connectivity index (χ0n) is 17.1. The van der Waals surface area contributed by atoms with Crippen molar-refractivity contribution in [1.82, 2.24) is 26.6 Å². The van der Waals surface area contributed by atoms with Gasteiger partial charge in [-0.3, -0.25) is 21.7 Å². The molecular weight excluding hydrogens is 358 g/mol. The van der Waals surface area contributed by atoms with Crippen molar-refractivity contribution in [3.05, 3.63) is 71.8 Å². The molecule has 3 aliphatic heterocycles. The minimum atomic E-state index is 0.364. The molecular formula is C24H33N5. The highest BCUT2D eigenvalue weighted by molar-refractivity contribution is 5.35. The second kappa shape index (κ2) is 8.94. The van der Waals surface area contributed by atoms with Crippen LogP contribution in [0.2, 0.25) is 0 Å². The molecule has 0 aromatic heterocycles. The van der Waals surface area contributed by atoms with E-state index in [9.17, 15) is 0 Å². The van der Waals surface area contributed by atoms with Crippen molar-refractivity contribution < 1.29 is 0 Å². The maximum Gasteiger partial charge on any atom is 0.0378 e. The van der Waals surface area contributed by atoms with Gasteiger partial charge in [-0.1, -0.05) is 60.7 Å². The minimum Gasteiger partial charge on any atom is -0.303 e. The Bertz CT molecular complexity index is 722. The van der Waals surface area contributed by atoms with E-state index in [-0.39, 0.29) is 0 Å². The first-order valence-corrected chi connectivity index (χ1v) is 11.2. The number of hydrazine groups is 2. The van der Waals surface area contributed by atoms with Crippen LogP contribution in [0.4, 0.5) is 0 Å². The number of piperidine rings is 1. The highest BCUT2D eigenvalue weighted by Gasteiger charge is 2.43. The maximum atomic E-state index is 3.72. The number of likely N-dealkylation sites (tertiary alicyclic amines) is 1. The summed E-state index contributed by atoms with van der Waals surface area (Å²) in [6.45, 7) is 5.81. The first kappa shape index (κ1) is 19.2. The van der Waals surface area contributed by atoms with E-state index in [0.717, 1.165) is 19.0 Å². The summed E-state index contributed by atoms with van der Waals surface area (Å²) in [7, 11) is 0. The summed E-state index contributed by atoms with van der Waals surface area (Å²) in [5, 5.41) is 0. The SMILES string of the molecule is c1ccc(C(c2ccccc2)C2NNC3CCN(CCC4CNNC4)CC32)cc1. The average Bonchev–Trinajstić information content (AvgIpc) is 3.44. The number of fused-ring (bicyclic) bond motifs is 1. The molecule has 3 atom stereocenters. The molecule has 5 nitrogen and oxygen atoms in total. The Hall–Kier alpha value is -1.76. The van der Waals surface area contributed by atoms with E-state index in [1.54, 1.807) is 0 Å². The number of hydrogen-bond donors (Lipinski definition) is 4. The van der Waals surface area contributed by atoms with E-state index in [1.807, 2.05) is 0 Å². The van der Waals surface area contributed by atoms with Crippen molar-refractivity contribution in [1.29, 1.82) is 0 Å². The molecule has 0 radical (unpaired) electrons. The topological polar surface area (TPSA) is 51.4 Å². The van der Waals surface area contributed by atoms with Crippen LogP contribution in [0.25, 0.3) is 0 Å². The molecule has 4 N–H and O–H groups in total. The van der Waals surface area contributed by atoms with E-state index < -0.39 is 0 Å². The summed E-state index contributed by atoms with van der Waals surface area (Å²) < 4.78 is 0. The van der Waals surface area contributed by atoms with E-state index in [1.165, 1.54) is 43.6 Å². The third-order valence-electron chi connectivity index (χ3n) is 7.08. The molecule has 2 aromatic carbocycles. The van der Waals surface area contributed by atoms with Crippen molar-refractivity contribution in [2.45, 2.75) is 30.8 Å². The van der Waals surface area contributed by atoms with Crippen LogP contribution in [-0.4, -0.2) is 49.7 Å². The second-order valence-electron chi connectivity index (χ2n) is 8.89. The molecule has 0 aliphatic carbocycles. The highest BCUT2D eigenvalue weighted by atomic mass is 15.4. The summed E-state index contributed by atoms with van der Waals surface area (Å²) in [6, 6.07) is 23.0. The van der Waals surface area contributed by atoms with Crippen LogP contribution in [0.15, 0.2) is 60.7 Å². The van der Waals surface area contributed by atoms with Gasteiger partial charge in [0, 0.05) is 43.6 Å². The molecule has 0 saturated carbocycles. The second-order valence-corrected chi connectivity index (χ2v) is 8.89. The summed E-state index contributed by atoms with van der Waals surface area (Å²) in [6.07, 6.45) is 2.51.